The monoisotopic (exact) mass is 464 g/mol. The molecule has 178 valence electrons. The molecule has 0 aliphatic carbocycles. The number of aryl methyl sites for hydroxylation is 2. The molecule has 1 atom stereocenters. The summed E-state index contributed by atoms with van der Waals surface area (Å²) < 4.78 is 7.97. The smallest absolute Gasteiger partial charge is 0.257 e. The van der Waals surface area contributed by atoms with Gasteiger partial charge in [-0.05, 0) is 48.1 Å². The molecular weight excluding hydrogens is 432 g/mol. The maximum Gasteiger partial charge on any atom is 0.257 e. The average Bonchev–Trinajstić information content (AvgIpc) is 3.30. The lowest BCUT2D eigenvalue weighted by atomic mass is 9.97. The van der Waals surface area contributed by atoms with E-state index in [4.69, 9.17) is 9.72 Å². The zero-order valence-corrected chi connectivity index (χ0v) is 20.5. The van der Waals surface area contributed by atoms with Crippen molar-refractivity contribution >= 4 is 0 Å². The highest BCUT2D eigenvalue weighted by molar-refractivity contribution is 5.64. The summed E-state index contributed by atoms with van der Waals surface area (Å²) in [5.41, 5.74) is 6.48. The van der Waals surface area contributed by atoms with E-state index in [1.165, 1.54) is 11.1 Å². The minimum absolute atomic E-state index is 0.0543. The van der Waals surface area contributed by atoms with E-state index in [9.17, 15) is 4.79 Å². The Balaban J connectivity index is 1.47. The minimum atomic E-state index is -0.0543. The third kappa shape index (κ3) is 5.07. The quantitative estimate of drug-likeness (QED) is 0.314. The lowest BCUT2D eigenvalue weighted by Gasteiger charge is -2.18. The standard InChI is InChI=1S/C31H32N2O2/c1-3-4-16-29-28(19-23-11-10-15-25(18-23)24-12-6-5-7-13-24)31(34)33(22(2)32-29)21-27-20-26-14-8-9-17-30(26)35-27/h5-15,17-18,27H,3-4,16,19-21H2,1-2H3. The van der Waals surface area contributed by atoms with Gasteiger partial charge in [-0.2, -0.15) is 0 Å². The number of unbranched alkanes of at least 4 members (excludes halogenated alkanes) is 1. The first-order valence-corrected chi connectivity index (χ1v) is 12.6. The summed E-state index contributed by atoms with van der Waals surface area (Å²) in [6.07, 6.45) is 4.26. The molecule has 1 aromatic heterocycles. The lowest BCUT2D eigenvalue weighted by molar-refractivity contribution is 0.205. The van der Waals surface area contributed by atoms with E-state index >= 15 is 0 Å². The van der Waals surface area contributed by atoms with Gasteiger partial charge in [0.25, 0.3) is 5.56 Å². The highest BCUT2D eigenvalue weighted by Gasteiger charge is 2.25. The van der Waals surface area contributed by atoms with Crippen molar-refractivity contribution < 1.29 is 4.74 Å². The second-order valence-electron chi connectivity index (χ2n) is 9.40. The summed E-state index contributed by atoms with van der Waals surface area (Å²) in [7, 11) is 0. The van der Waals surface area contributed by atoms with Crippen LogP contribution in [0.25, 0.3) is 11.1 Å². The molecule has 4 aromatic rings. The molecule has 1 aliphatic heterocycles. The van der Waals surface area contributed by atoms with Crippen molar-refractivity contribution in [1.82, 2.24) is 9.55 Å². The number of fused-ring (bicyclic) bond motifs is 1. The molecule has 0 saturated carbocycles. The summed E-state index contributed by atoms with van der Waals surface area (Å²) in [6, 6.07) is 27.0. The van der Waals surface area contributed by atoms with Crippen LogP contribution in [0.15, 0.2) is 83.7 Å². The second-order valence-corrected chi connectivity index (χ2v) is 9.40. The predicted molar refractivity (Wildman–Crippen MR) is 141 cm³/mol. The topological polar surface area (TPSA) is 44.1 Å². The molecule has 1 unspecified atom stereocenters. The van der Waals surface area contributed by atoms with Gasteiger partial charge >= 0.3 is 0 Å². The Kier molecular flexibility index (Phi) is 6.80. The van der Waals surface area contributed by atoms with Crippen LogP contribution in [-0.2, 0) is 25.8 Å². The van der Waals surface area contributed by atoms with Crippen LogP contribution in [0.2, 0.25) is 0 Å². The molecule has 4 nitrogen and oxygen atoms in total. The maximum absolute atomic E-state index is 13.9. The van der Waals surface area contributed by atoms with Crippen molar-refractivity contribution in [2.75, 3.05) is 0 Å². The van der Waals surface area contributed by atoms with Gasteiger partial charge in [0.15, 0.2) is 0 Å². The largest absolute Gasteiger partial charge is 0.488 e. The molecule has 35 heavy (non-hydrogen) atoms. The molecule has 0 spiro atoms. The molecule has 0 N–H and O–H groups in total. The minimum Gasteiger partial charge on any atom is -0.488 e. The van der Waals surface area contributed by atoms with Crippen molar-refractivity contribution in [3.8, 4) is 16.9 Å². The van der Waals surface area contributed by atoms with Crippen LogP contribution in [0.1, 0.15) is 48.0 Å². The van der Waals surface area contributed by atoms with Gasteiger partial charge in [0, 0.05) is 18.4 Å². The number of para-hydroxylation sites is 1. The molecule has 0 radical (unpaired) electrons. The predicted octanol–water partition coefficient (Wildman–Crippen LogP) is 6.16. The second kappa shape index (κ2) is 10.3. The van der Waals surface area contributed by atoms with Crippen LogP contribution < -0.4 is 10.3 Å². The number of aromatic nitrogens is 2. The fourth-order valence-electron chi connectivity index (χ4n) is 4.96. The fraction of sp³-hybridized carbons (Fsp3) is 0.290. The average molecular weight is 465 g/mol. The third-order valence-corrected chi connectivity index (χ3v) is 6.82. The van der Waals surface area contributed by atoms with Crippen LogP contribution >= 0.6 is 0 Å². The summed E-state index contributed by atoms with van der Waals surface area (Å²) in [5.74, 6) is 1.69. The van der Waals surface area contributed by atoms with Crippen molar-refractivity contribution in [1.29, 1.82) is 0 Å². The van der Waals surface area contributed by atoms with Gasteiger partial charge in [0.1, 0.15) is 17.7 Å². The Bertz CT molecular complexity index is 1350. The van der Waals surface area contributed by atoms with Crippen LogP contribution in [-0.4, -0.2) is 15.7 Å². The van der Waals surface area contributed by atoms with Gasteiger partial charge in [-0.25, -0.2) is 4.98 Å². The Morgan fingerprint density at radius 1 is 0.971 bits per heavy atom. The van der Waals surface area contributed by atoms with E-state index in [-0.39, 0.29) is 11.7 Å². The van der Waals surface area contributed by atoms with E-state index in [0.29, 0.717) is 13.0 Å². The molecule has 0 bridgehead atoms. The number of benzene rings is 3. The van der Waals surface area contributed by atoms with Crippen molar-refractivity contribution in [2.45, 2.75) is 58.6 Å². The van der Waals surface area contributed by atoms with Gasteiger partial charge in [0.2, 0.25) is 0 Å². The molecule has 1 aliphatic rings. The zero-order valence-electron chi connectivity index (χ0n) is 20.5. The van der Waals surface area contributed by atoms with E-state index in [0.717, 1.165) is 59.6 Å². The van der Waals surface area contributed by atoms with Crippen molar-refractivity contribution in [3.05, 3.63) is 117 Å². The third-order valence-electron chi connectivity index (χ3n) is 6.82. The fourth-order valence-corrected chi connectivity index (χ4v) is 4.96. The number of hydrogen-bond donors (Lipinski definition) is 0. The summed E-state index contributed by atoms with van der Waals surface area (Å²) >= 11 is 0. The van der Waals surface area contributed by atoms with E-state index < -0.39 is 0 Å². The van der Waals surface area contributed by atoms with Crippen LogP contribution in [0.3, 0.4) is 0 Å². The molecule has 2 heterocycles. The Hall–Kier alpha value is -3.66. The Morgan fingerprint density at radius 3 is 2.54 bits per heavy atom. The number of hydrogen-bond acceptors (Lipinski definition) is 3. The summed E-state index contributed by atoms with van der Waals surface area (Å²) in [5, 5.41) is 0. The van der Waals surface area contributed by atoms with Crippen LogP contribution in [0.5, 0.6) is 5.75 Å². The normalized spacial score (nSPS) is 14.5. The molecular formula is C31H32N2O2. The first-order chi connectivity index (χ1) is 17.1. The maximum atomic E-state index is 13.9. The van der Waals surface area contributed by atoms with E-state index in [1.807, 2.05) is 35.8 Å². The molecule has 3 aromatic carbocycles. The first kappa shape index (κ1) is 23.1. The van der Waals surface area contributed by atoms with Crippen molar-refractivity contribution in [3.63, 3.8) is 0 Å². The molecule has 0 saturated heterocycles. The molecule has 5 rings (SSSR count). The highest BCUT2D eigenvalue weighted by atomic mass is 16.5. The number of ether oxygens (including phenoxy) is 1. The molecule has 4 heteroatoms. The molecule has 0 fully saturated rings. The van der Waals surface area contributed by atoms with Gasteiger partial charge in [0.05, 0.1) is 12.2 Å². The SMILES string of the molecule is CCCCc1nc(C)n(CC2Cc3ccccc3O2)c(=O)c1Cc1cccc(-c2ccccc2)c1. The summed E-state index contributed by atoms with van der Waals surface area (Å²) in [4.78, 5) is 18.8. The van der Waals surface area contributed by atoms with Gasteiger partial charge in [-0.15, -0.1) is 0 Å². The Morgan fingerprint density at radius 2 is 1.74 bits per heavy atom. The number of rotatable bonds is 8. The van der Waals surface area contributed by atoms with E-state index in [1.54, 1.807) is 0 Å². The van der Waals surface area contributed by atoms with Gasteiger partial charge < -0.3 is 4.74 Å². The summed E-state index contributed by atoms with van der Waals surface area (Å²) in [6.45, 7) is 4.63. The van der Waals surface area contributed by atoms with Gasteiger partial charge in [-0.3, -0.25) is 9.36 Å². The van der Waals surface area contributed by atoms with E-state index in [2.05, 4.69) is 61.5 Å². The molecule has 0 amide bonds. The lowest BCUT2D eigenvalue weighted by Crippen LogP contribution is -2.34. The van der Waals surface area contributed by atoms with Crippen LogP contribution in [0, 0.1) is 6.92 Å². The highest BCUT2D eigenvalue weighted by Crippen LogP contribution is 2.29. The first-order valence-electron chi connectivity index (χ1n) is 12.6. The van der Waals surface area contributed by atoms with Gasteiger partial charge in [-0.1, -0.05) is 86.1 Å². The van der Waals surface area contributed by atoms with Crippen molar-refractivity contribution in [2.24, 2.45) is 0 Å². The Labute approximate surface area is 207 Å². The number of nitrogens with zero attached hydrogens (tertiary/aromatic N) is 2. The van der Waals surface area contributed by atoms with Crippen LogP contribution in [0.4, 0.5) is 0 Å². The zero-order chi connectivity index (χ0) is 24.2.